The highest BCUT2D eigenvalue weighted by molar-refractivity contribution is 5.80. The normalized spacial score (nSPS) is 26.3. The first-order chi connectivity index (χ1) is 10.2. The van der Waals surface area contributed by atoms with Crippen molar-refractivity contribution in [2.75, 3.05) is 20.8 Å². The third kappa shape index (κ3) is 2.77. The van der Waals surface area contributed by atoms with Crippen LogP contribution in [0.5, 0.6) is 11.5 Å². The highest BCUT2D eigenvalue weighted by Crippen LogP contribution is 2.39. The molecule has 2 heterocycles. The van der Waals surface area contributed by atoms with Crippen LogP contribution in [-0.4, -0.2) is 37.5 Å². The molecule has 0 amide bonds. The molecule has 2 aliphatic heterocycles. The summed E-state index contributed by atoms with van der Waals surface area (Å²) in [6, 6.07) is 6.64. The van der Waals surface area contributed by atoms with E-state index in [9.17, 15) is 4.79 Å². The van der Waals surface area contributed by atoms with E-state index >= 15 is 0 Å². The van der Waals surface area contributed by atoms with E-state index in [1.807, 2.05) is 12.1 Å². The van der Waals surface area contributed by atoms with Crippen LogP contribution in [0.4, 0.5) is 0 Å². The number of carbonyl (C=O) groups excluding carboxylic acids is 1. The number of rotatable bonds is 3. The fourth-order valence-corrected chi connectivity index (χ4v) is 3.70. The van der Waals surface area contributed by atoms with Crippen LogP contribution in [0.3, 0.4) is 0 Å². The summed E-state index contributed by atoms with van der Waals surface area (Å²) in [5.74, 6) is 1.86. The molecule has 114 valence electrons. The van der Waals surface area contributed by atoms with Gasteiger partial charge in [-0.25, -0.2) is 0 Å². The molecular weight excluding hydrogens is 266 g/mol. The van der Waals surface area contributed by atoms with Crippen molar-refractivity contribution in [1.82, 2.24) is 4.90 Å². The Kier molecular flexibility index (Phi) is 4.15. The number of ketones is 1. The number of ether oxygens (including phenoxy) is 2. The van der Waals surface area contributed by atoms with Crippen LogP contribution in [0.25, 0.3) is 0 Å². The second kappa shape index (κ2) is 6.06. The van der Waals surface area contributed by atoms with Crippen molar-refractivity contribution < 1.29 is 14.3 Å². The summed E-state index contributed by atoms with van der Waals surface area (Å²) in [6.07, 6.45) is 4.97. The maximum absolute atomic E-state index is 12.1. The van der Waals surface area contributed by atoms with Crippen LogP contribution >= 0.6 is 0 Å². The van der Waals surface area contributed by atoms with E-state index in [0.29, 0.717) is 18.2 Å². The molecule has 4 heteroatoms. The number of hydrogen-bond donors (Lipinski definition) is 0. The van der Waals surface area contributed by atoms with E-state index in [1.165, 1.54) is 12.8 Å². The first-order valence-electron chi connectivity index (χ1n) is 7.72. The molecule has 0 spiro atoms. The summed E-state index contributed by atoms with van der Waals surface area (Å²) in [7, 11) is 3.29. The lowest BCUT2D eigenvalue weighted by Gasteiger charge is -2.44. The van der Waals surface area contributed by atoms with Gasteiger partial charge in [-0.3, -0.25) is 9.69 Å². The van der Waals surface area contributed by atoms with Gasteiger partial charge < -0.3 is 9.47 Å². The maximum atomic E-state index is 12.1. The average molecular weight is 289 g/mol. The lowest BCUT2D eigenvalue weighted by molar-refractivity contribution is -0.126. The summed E-state index contributed by atoms with van der Waals surface area (Å²) in [4.78, 5) is 14.6. The van der Waals surface area contributed by atoms with Gasteiger partial charge in [0.05, 0.1) is 14.2 Å². The third-order valence-electron chi connectivity index (χ3n) is 4.75. The third-order valence-corrected chi connectivity index (χ3v) is 4.75. The Morgan fingerprint density at radius 2 is 1.90 bits per heavy atom. The summed E-state index contributed by atoms with van der Waals surface area (Å²) in [5.41, 5.74) is 1.16. The number of benzene rings is 1. The van der Waals surface area contributed by atoms with Crippen molar-refractivity contribution in [3.8, 4) is 11.5 Å². The number of hydrogen-bond acceptors (Lipinski definition) is 4. The zero-order chi connectivity index (χ0) is 14.8. The Hall–Kier alpha value is -1.55. The van der Waals surface area contributed by atoms with E-state index < -0.39 is 0 Å². The second-order valence-corrected chi connectivity index (χ2v) is 5.96. The highest BCUT2D eigenvalue weighted by Gasteiger charge is 2.36. The van der Waals surface area contributed by atoms with Crippen LogP contribution in [0.1, 0.15) is 43.7 Å². The van der Waals surface area contributed by atoms with E-state index in [4.69, 9.17) is 9.47 Å². The van der Waals surface area contributed by atoms with Gasteiger partial charge in [-0.05, 0) is 37.1 Å². The van der Waals surface area contributed by atoms with E-state index in [-0.39, 0.29) is 6.04 Å². The monoisotopic (exact) mass is 289 g/mol. The Morgan fingerprint density at radius 1 is 1.10 bits per heavy atom. The molecule has 2 atom stereocenters. The highest BCUT2D eigenvalue weighted by atomic mass is 16.5. The molecule has 2 fully saturated rings. The van der Waals surface area contributed by atoms with Gasteiger partial charge in [0.1, 0.15) is 5.78 Å². The Morgan fingerprint density at radius 3 is 2.67 bits per heavy atom. The van der Waals surface area contributed by atoms with Crippen molar-refractivity contribution in [3.05, 3.63) is 23.8 Å². The number of carbonyl (C=O) groups is 1. The number of piperidine rings is 2. The van der Waals surface area contributed by atoms with E-state index in [1.54, 1.807) is 14.2 Å². The zero-order valence-electron chi connectivity index (χ0n) is 12.8. The quantitative estimate of drug-likeness (QED) is 0.857. The van der Waals surface area contributed by atoms with Crippen LogP contribution in [0.15, 0.2) is 18.2 Å². The smallest absolute Gasteiger partial charge is 0.161 e. The van der Waals surface area contributed by atoms with Crippen molar-refractivity contribution in [1.29, 1.82) is 0 Å². The fourth-order valence-electron chi connectivity index (χ4n) is 3.70. The van der Waals surface area contributed by atoms with Gasteiger partial charge >= 0.3 is 0 Å². The molecule has 3 rings (SSSR count). The minimum atomic E-state index is 0.191. The topological polar surface area (TPSA) is 38.8 Å². The molecule has 0 unspecified atom stereocenters. The van der Waals surface area contributed by atoms with Gasteiger partial charge in [-0.1, -0.05) is 12.5 Å². The molecule has 1 aromatic rings. The molecule has 0 saturated carbocycles. The molecule has 4 nitrogen and oxygen atoms in total. The molecule has 0 aromatic heterocycles. The molecule has 21 heavy (non-hydrogen) atoms. The molecule has 2 aliphatic rings. The van der Waals surface area contributed by atoms with Crippen LogP contribution in [0, 0.1) is 0 Å². The van der Waals surface area contributed by atoms with Gasteiger partial charge in [-0.2, -0.15) is 0 Å². The lowest BCUT2D eigenvalue weighted by Crippen LogP contribution is -2.47. The van der Waals surface area contributed by atoms with E-state index in [0.717, 1.165) is 36.4 Å². The van der Waals surface area contributed by atoms with Crippen LogP contribution < -0.4 is 9.47 Å². The van der Waals surface area contributed by atoms with Crippen LogP contribution in [0.2, 0.25) is 0 Å². The number of nitrogens with zero attached hydrogens (tertiary/aromatic N) is 1. The molecule has 2 saturated heterocycles. The van der Waals surface area contributed by atoms with Crippen molar-refractivity contribution in [2.24, 2.45) is 0 Å². The molecule has 0 aliphatic carbocycles. The summed E-state index contributed by atoms with van der Waals surface area (Å²) < 4.78 is 10.7. The van der Waals surface area contributed by atoms with Gasteiger partial charge in [0.25, 0.3) is 0 Å². The summed E-state index contributed by atoms with van der Waals surface area (Å²) in [5, 5.41) is 0. The van der Waals surface area contributed by atoms with Gasteiger partial charge in [0.15, 0.2) is 11.5 Å². The number of fused-ring (bicyclic) bond motifs is 1. The maximum Gasteiger partial charge on any atom is 0.161 e. The fraction of sp³-hybridized carbons (Fsp3) is 0.588. The molecule has 1 aromatic carbocycles. The summed E-state index contributed by atoms with van der Waals surface area (Å²) in [6.45, 7) is 1.09. The van der Waals surface area contributed by atoms with Crippen molar-refractivity contribution in [3.63, 3.8) is 0 Å². The second-order valence-electron chi connectivity index (χ2n) is 5.96. The minimum Gasteiger partial charge on any atom is -0.493 e. The predicted octanol–water partition coefficient (Wildman–Crippen LogP) is 2.96. The Labute approximate surface area is 126 Å². The number of Topliss-reactive ketones (excluding diaryl/α,β-unsaturated/α-hetero) is 1. The standard InChI is InChI=1S/C17H23NO3/c1-20-16-7-6-12(9-17(16)21-2)15-11-14(19)10-13-5-3-4-8-18(13)15/h6-7,9,13,15H,3-5,8,10-11H2,1-2H3/t13-,15+/m0/s1. The predicted molar refractivity (Wildman–Crippen MR) is 80.9 cm³/mol. The SMILES string of the molecule is COc1ccc([C@H]2CC(=O)C[C@@H]3CCCCN32)cc1OC. The lowest BCUT2D eigenvalue weighted by atomic mass is 9.85. The Bertz CT molecular complexity index is 529. The Balaban J connectivity index is 1.91. The van der Waals surface area contributed by atoms with Crippen molar-refractivity contribution in [2.45, 2.75) is 44.2 Å². The first kappa shape index (κ1) is 14.4. The molecule has 0 bridgehead atoms. The average Bonchev–Trinajstić information content (AvgIpc) is 2.53. The molecular formula is C17H23NO3. The van der Waals surface area contributed by atoms with Crippen LogP contribution in [-0.2, 0) is 4.79 Å². The molecule has 0 N–H and O–H groups in total. The number of methoxy groups -OCH3 is 2. The van der Waals surface area contributed by atoms with Gasteiger partial charge in [-0.15, -0.1) is 0 Å². The largest absolute Gasteiger partial charge is 0.493 e. The van der Waals surface area contributed by atoms with Gasteiger partial charge in [0, 0.05) is 24.9 Å². The summed E-state index contributed by atoms with van der Waals surface area (Å²) >= 11 is 0. The minimum absolute atomic E-state index is 0.191. The molecule has 0 radical (unpaired) electrons. The zero-order valence-corrected chi connectivity index (χ0v) is 12.8. The van der Waals surface area contributed by atoms with E-state index in [2.05, 4.69) is 11.0 Å². The first-order valence-corrected chi connectivity index (χ1v) is 7.72. The van der Waals surface area contributed by atoms with Gasteiger partial charge in [0.2, 0.25) is 0 Å². The van der Waals surface area contributed by atoms with Crippen molar-refractivity contribution >= 4 is 5.78 Å².